The monoisotopic (exact) mass is 462 g/mol. The maximum Gasteiger partial charge on any atom is 0.408 e. The lowest BCUT2D eigenvalue weighted by atomic mass is 9.84. The third-order valence-electron chi connectivity index (χ3n) is 5.73. The molecule has 2 aromatic rings. The highest BCUT2D eigenvalue weighted by Gasteiger charge is 2.36. The van der Waals surface area contributed by atoms with Gasteiger partial charge in [0.15, 0.2) is 0 Å². The zero-order chi connectivity index (χ0) is 24.3. The van der Waals surface area contributed by atoms with Crippen LogP contribution in [0.15, 0.2) is 30.3 Å². The summed E-state index contributed by atoms with van der Waals surface area (Å²) in [7, 11) is 3.02. The molecule has 0 aromatic heterocycles. The molecule has 1 atom stereocenters. The molecule has 1 aliphatic rings. The van der Waals surface area contributed by atoms with E-state index in [1.807, 2.05) is 6.07 Å². The Hall–Kier alpha value is -3.04. The number of ether oxygens (including phenoxy) is 2. The van der Waals surface area contributed by atoms with Crippen molar-refractivity contribution in [2.45, 2.75) is 38.3 Å². The fourth-order valence-corrected chi connectivity index (χ4v) is 4.36. The lowest BCUT2D eigenvalue weighted by Gasteiger charge is -2.34. The molecule has 2 aromatic carbocycles. The summed E-state index contributed by atoms with van der Waals surface area (Å²) < 4.78 is 39.8. The van der Waals surface area contributed by atoms with Gasteiger partial charge in [0.25, 0.3) is 5.91 Å². The van der Waals surface area contributed by atoms with Gasteiger partial charge in [-0.05, 0) is 35.2 Å². The molecule has 0 unspecified atom stereocenters. The second kappa shape index (κ2) is 9.84. The smallest absolute Gasteiger partial charge is 0.408 e. The quantitative estimate of drug-likeness (QED) is 0.642. The number of rotatable bonds is 7. The van der Waals surface area contributed by atoms with Crippen LogP contribution >= 0.6 is 0 Å². The Labute approximate surface area is 191 Å². The maximum atomic E-state index is 14.8. The van der Waals surface area contributed by atoms with Gasteiger partial charge >= 0.3 is 6.09 Å². The third-order valence-corrected chi connectivity index (χ3v) is 5.73. The molecule has 7 nitrogen and oxygen atoms in total. The van der Waals surface area contributed by atoms with Crippen molar-refractivity contribution in [3.63, 3.8) is 0 Å². The molecule has 0 aliphatic carbocycles. The Morgan fingerprint density at radius 1 is 1.15 bits per heavy atom. The number of fused-ring (bicyclic) bond motifs is 1. The van der Waals surface area contributed by atoms with Gasteiger partial charge in [0.1, 0.15) is 17.7 Å². The first-order chi connectivity index (χ1) is 15.6. The summed E-state index contributed by atoms with van der Waals surface area (Å²) in [5, 5.41) is 12.1. The fraction of sp³-hybridized carbons (Fsp3) is 0.417. The van der Waals surface area contributed by atoms with Crippen molar-refractivity contribution in [1.29, 1.82) is 0 Å². The molecule has 2 amide bonds. The number of carbonyl (C=O) groups excluding carboxylic acids is 1. The van der Waals surface area contributed by atoms with E-state index in [9.17, 15) is 23.5 Å². The normalized spacial score (nSPS) is 15.8. The largest absolute Gasteiger partial charge is 0.465 e. The van der Waals surface area contributed by atoms with Gasteiger partial charge in [0.2, 0.25) is 0 Å². The molecule has 0 fully saturated rings. The number of halogens is 2. The second-order valence-electron chi connectivity index (χ2n) is 8.72. The van der Waals surface area contributed by atoms with E-state index in [1.165, 1.54) is 7.11 Å². The van der Waals surface area contributed by atoms with Crippen LogP contribution in [0.2, 0.25) is 0 Å². The number of hydrogen-bond donors (Lipinski definition) is 2. The van der Waals surface area contributed by atoms with E-state index in [0.717, 1.165) is 28.2 Å². The molecular formula is C24H28F2N2O5. The molecule has 0 radical (unpaired) electrons. The van der Waals surface area contributed by atoms with E-state index in [0.29, 0.717) is 18.6 Å². The molecule has 0 spiro atoms. The summed E-state index contributed by atoms with van der Waals surface area (Å²) in [5.74, 6) is -2.34. The number of nitrogens with zero attached hydrogens (tertiary/aromatic N) is 1. The average molecular weight is 462 g/mol. The van der Waals surface area contributed by atoms with Crippen LogP contribution in [0, 0.1) is 11.6 Å². The van der Waals surface area contributed by atoms with Crippen LogP contribution in [0.3, 0.4) is 0 Å². The number of anilines is 1. The molecule has 1 heterocycles. The number of nitrogens with one attached hydrogen (secondary N) is 1. The zero-order valence-corrected chi connectivity index (χ0v) is 19.1. The van der Waals surface area contributed by atoms with E-state index in [1.54, 1.807) is 33.1 Å². The summed E-state index contributed by atoms with van der Waals surface area (Å²) in [6.45, 7) is 3.90. The first kappa shape index (κ1) is 24.6. The summed E-state index contributed by atoms with van der Waals surface area (Å²) in [6.07, 6.45) is -0.814. The molecule has 178 valence electrons. The molecule has 0 saturated carbocycles. The maximum absolute atomic E-state index is 14.8. The number of hydrogen-bond acceptors (Lipinski definition) is 4. The van der Waals surface area contributed by atoms with Crippen molar-refractivity contribution < 1.29 is 33.0 Å². The molecule has 2 N–H and O–H groups in total. The minimum Gasteiger partial charge on any atom is -0.465 e. The third kappa shape index (κ3) is 5.15. The predicted octanol–water partition coefficient (Wildman–Crippen LogP) is 4.25. The number of benzene rings is 2. The Balaban J connectivity index is 1.93. The van der Waals surface area contributed by atoms with Crippen LogP contribution in [0.5, 0.6) is 0 Å². The Kier molecular flexibility index (Phi) is 7.34. The van der Waals surface area contributed by atoms with E-state index in [-0.39, 0.29) is 24.4 Å². The summed E-state index contributed by atoms with van der Waals surface area (Å²) in [4.78, 5) is 26.0. The van der Waals surface area contributed by atoms with Gasteiger partial charge in [0, 0.05) is 37.4 Å². The second-order valence-corrected chi connectivity index (χ2v) is 8.72. The lowest BCUT2D eigenvalue weighted by Crippen LogP contribution is -2.44. The van der Waals surface area contributed by atoms with Crippen molar-refractivity contribution in [3.05, 3.63) is 64.2 Å². The summed E-state index contributed by atoms with van der Waals surface area (Å²) in [6, 6.07) is 6.25. The number of methoxy groups -OCH3 is 2. The van der Waals surface area contributed by atoms with Gasteiger partial charge in [0.05, 0.1) is 13.2 Å². The van der Waals surface area contributed by atoms with Gasteiger partial charge in [-0.15, -0.1) is 0 Å². The highest BCUT2D eigenvalue weighted by atomic mass is 19.1. The van der Waals surface area contributed by atoms with Crippen LogP contribution in [-0.4, -0.2) is 49.4 Å². The van der Waals surface area contributed by atoms with Crippen molar-refractivity contribution in [1.82, 2.24) is 4.90 Å². The highest BCUT2D eigenvalue weighted by molar-refractivity contribution is 5.97. The molecule has 9 heteroatoms. The van der Waals surface area contributed by atoms with Crippen LogP contribution < -0.4 is 5.32 Å². The van der Waals surface area contributed by atoms with Crippen LogP contribution in [0.1, 0.15) is 42.1 Å². The number of carbonyl (C=O) groups is 2. The predicted molar refractivity (Wildman–Crippen MR) is 118 cm³/mol. The van der Waals surface area contributed by atoms with E-state index in [4.69, 9.17) is 9.47 Å². The van der Waals surface area contributed by atoms with Crippen LogP contribution in [0.25, 0.3) is 0 Å². The minimum atomic E-state index is -1.25. The van der Waals surface area contributed by atoms with Crippen molar-refractivity contribution >= 4 is 17.7 Å². The Morgan fingerprint density at radius 2 is 1.82 bits per heavy atom. The highest BCUT2D eigenvalue weighted by Crippen LogP contribution is 2.34. The Morgan fingerprint density at radius 3 is 2.39 bits per heavy atom. The van der Waals surface area contributed by atoms with Gasteiger partial charge in [-0.1, -0.05) is 32.0 Å². The summed E-state index contributed by atoms with van der Waals surface area (Å²) >= 11 is 0. The molecule has 1 aliphatic heterocycles. The molecule has 33 heavy (non-hydrogen) atoms. The average Bonchev–Trinajstić information content (AvgIpc) is 2.72. The van der Waals surface area contributed by atoms with Crippen molar-refractivity contribution in [2.75, 3.05) is 32.7 Å². The van der Waals surface area contributed by atoms with Gasteiger partial charge in [-0.3, -0.25) is 9.69 Å². The van der Waals surface area contributed by atoms with Gasteiger partial charge in [-0.25, -0.2) is 13.6 Å². The lowest BCUT2D eigenvalue weighted by molar-refractivity contribution is -0.121. The van der Waals surface area contributed by atoms with Crippen molar-refractivity contribution in [2.24, 2.45) is 0 Å². The standard InChI is InChI=1S/C24H28F2N2O5/c1-24(2,13-33-4)20-18(25)10-16(11-19(20)26)27-22(29)21-17-6-5-14(12-32-3)9-15(17)7-8-28(21)23(30)31/h5-6,9-11,21H,7-8,12-13H2,1-4H3,(H,27,29)(H,30,31)/t21-/m0/s1. The first-order valence-corrected chi connectivity index (χ1v) is 10.5. The first-order valence-electron chi connectivity index (χ1n) is 10.5. The van der Waals surface area contributed by atoms with Crippen LogP contribution in [-0.2, 0) is 32.7 Å². The van der Waals surface area contributed by atoms with E-state index in [2.05, 4.69) is 5.32 Å². The zero-order valence-electron chi connectivity index (χ0n) is 19.1. The Bertz CT molecular complexity index is 1030. The molecular weight excluding hydrogens is 434 g/mol. The van der Waals surface area contributed by atoms with E-state index >= 15 is 0 Å². The molecule has 0 bridgehead atoms. The van der Waals surface area contributed by atoms with Gasteiger partial charge < -0.3 is 19.9 Å². The SMILES string of the molecule is COCc1ccc2c(c1)CCN(C(=O)O)[C@@H]2C(=O)Nc1cc(F)c(C(C)(C)COC)c(F)c1. The number of carboxylic acid groups (broad SMARTS) is 1. The van der Waals surface area contributed by atoms with E-state index < -0.39 is 35.1 Å². The summed E-state index contributed by atoms with van der Waals surface area (Å²) in [5.41, 5.74) is 1.09. The van der Waals surface area contributed by atoms with Crippen molar-refractivity contribution in [3.8, 4) is 0 Å². The molecule has 0 saturated heterocycles. The molecule has 3 rings (SSSR count). The fourth-order valence-electron chi connectivity index (χ4n) is 4.36. The minimum absolute atomic E-state index is 0.0968. The number of amides is 2. The topological polar surface area (TPSA) is 88.1 Å². The van der Waals surface area contributed by atoms with Crippen LogP contribution in [0.4, 0.5) is 19.3 Å². The van der Waals surface area contributed by atoms with Gasteiger partial charge in [-0.2, -0.15) is 0 Å².